The van der Waals surface area contributed by atoms with Crippen LogP contribution in [0.25, 0.3) is 0 Å². The van der Waals surface area contributed by atoms with E-state index in [1.165, 1.54) is 0 Å². The third kappa shape index (κ3) is 3.64. The normalized spacial score (nSPS) is 19.5. The second-order valence-electron chi connectivity index (χ2n) is 2.59. The predicted octanol–water partition coefficient (Wildman–Crippen LogP) is 1.81. The van der Waals surface area contributed by atoms with Gasteiger partial charge < -0.3 is 4.74 Å². The van der Waals surface area contributed by atoms with Crippen molar-refractivity contribution in [3.63, 3.8) is 0 Å². The Hall–Kier alpha value is -0.200. The summed E-state index contributed by atoms with van der Waals surface area (Å²) in [5, 5.41) is 9.06. The molecule has 0 bridgehead atoms. The number of rotatable bonds is 3. The minimum atomic E-state index is 0.683. The Morgan fingerprint density at radius 3 is 2.82 bits per heavy atom. The molecule has 0 aromatic rings. The van der Waals surface area contributed by atoms with E-state index in [1.807, 2.05) is 11.8 Å². The summed E-state index contributed by atoms with van der Waals surface area (Å²) in [6, 6.07) is 2.16. The Morgan fingerprint density at radius 1 is 1.45 bits per heavy atom. The lowest BCUT2D eigenvalue weighted by atomic mass is 10.2. The van der Waals surface area contributed by atoms with Crippen molar-refractivity contribution in [2.75, 3.05) is 19.0 Å². The fourth-order valence-corrected chi connectivity index (χ4v) is 2.18. The van der Waals surface area contributed by atoms with Crippen LogP contribution in [0.4, 0.5) is 0 Å². The van der Waals surface area contributed by atoms with E-state index in [0.29, 0.717) is 6.42 Å². The van der Waals surface area contributed by atoms with Gasteiger partial charge in [-0.05, 0) is 12.8 Å². The summed E-state index contributed by atoms with van der Waals surface area (Å²) in [7, 11) is 0. The lowest BCUT2D eigenvalue weighted by Crippen LogP contribution is -2.17. The zero-order chi connectivity index (χ0) is 7.94. The molecule has 1 aliphatic heterocycles. The largest absolute Gasteiger partial charge is 0.381 e. The molecule has 0 saturated carbocycles. The van der Waals surface area contributed by atoms with Crippen LogP contribution in [-0.4, -0.2) is 24.2 Å². The highest BCUT2D eigenvalue weighted by Gasteiger charge is 2.12. The predicted molar refractivity (Wildman–Crippen MR) is 46.5 cm³/mol. The molecule has 11 heavy (non-hydrogen) atoms. The van der Waals surface area contributed by atoms with E-state index in [2.05, 4.69) is 6.07 Å². The molecule has 0 atom stereocenters. The number of hydrogen-bond donors (Lipinski definition) is 0. The zero-order valence-electron chi connectivity index (χ0n) is 6.58. The Balaban J connectivity index is 2.01. The van der Waals surface area contributed by atoms with E-state index in [1.54, 1.807) is 0 Å². The van der Waals surface area contributed by atoms with Gasteiger partial charge in [-0.1, -0.05) is 0 Å². The van der Waals surface area contributed by atoms with Crippen LogP contribution in [0.2, 0.25) is 0 Å². The minimum Gasteiger partial charge on any atom is -0.381 e. The summed E-state index contributed by atoms with van der Waals surface area (Å²) in [5.74, 6) is 0.987. The second kappa shape index (κ2) is 5.45. The molecule has 0 aromatic carbocycles. The molecule has 0 unspecified atom stereocenters. The lowest BCUT2D eigenvalue weighted by molar-refractivity contribution is 0.100. The van der Waals surface area contributed by atoms with Crippen molar-refractivity contribution in [3.8, 4) is 6.07 Å². The first kappa shape index (κ1) is 8.89. The first-order valence-electron chi connectivity index (χ1n) is 4.00. The first-order chi connectivity index (χ1) is 5.43. The minimum absolute atomic E-state index is 0.683. The first-order valence-corrected chi connectivity index (χ1v) is 5.04. The van der Waals surface area contributed by atoms with Crippen molar-refractivity contribution in [3.05, 3.63) is 0 Å². The summed E-state index contributed by atoms with van der Waals surface area (Å²) < 4.78 is 5.23. The highest BCUT2D eigenvalue weighted by Crippen LogP contribution is 2.22. The van der Waals surface area contributed by atoms with Crippen LogP contribution in [0.3, 0.4) is 0 Å². The summed E-state index contributed by atoms with van der Waals surface area (Å²) >= 11 is 1.92. The molecular weight excluding hydrogens is 158 g/mol. The monoisotopic (exact) mass is 171 g/mol. The van der Waals surface area contributed by atoms with Crippen molar-refractivity contribution in [1.29, 1.82) is 5.26 Å². The Morgan fingerprint density at radius 2 is 2.18 bits per heavy atom. The van der Waals surface area contributed by atoms with Crippen LogP contribution in [0.15, 0.2) is 0 Å². The van der Waals surface area contributed by atoms with Gasteiger partial charge in [-0.3, -0.25) is 0 Å². The van der Waals surface area contributed by atoms with Gasteiger partial charge in [0.15, 0.2) is 0 Å². The van der Waals surface area contributed by atoms with Gasteiger partial charge in [-0.25, -0.2) is 0 Å². The van der Waals surface area contributed by atoms with E-state index >= 15 is 0 Å². The van der Waals surface area contributed by atoms with Gasteiger partial charge >= 0.3 is 0 Å². The Kier molecular flexibility index (Phi) is 4.41. The molecule has 1 aliphatic rings. The molecule has 0 aliphatic carbocycles. The van der Waals surface area contributed by atoms with E-state index in [9.17, 15) is 0 Å². The van der Waals surface area contributed by atoms with Crippen molar-refractivity contribution >= 4 is 11.8 Å². The molecule has 62 valence electrons. The summed E-state index contributed by atoms with van der Waals surface area (Å²) in [6.45, 7) is 1.81. The molecule has 1 fully saturated rings. The number of ether oxygens (including phenoxy) is 1. The van der Waals surface area contributed by atoms with E-state index in [4.69, 9.17) is 10.00 Å². The maximum Gasteiger partial charge on any atom is 0.0630 e. The molecule has 2 nitrogen and oxygen atoms in total. The van der Waals surface area contributed by atoms with Gasteiger partial charge in [-0.2, -0.15) is 17.0 Å². The number of hydrogen-bond acceptors (Lipinski definition) is 3. The topological polar surface area (TPSA) is 33.0 Å². The van der Waals surface area contributed by atoms with Crippen molar-refractivity contribution in [2.24, 2.45) is 0 Å². The molecule has 1 saturated heterocycles. The molecule has 0 radical (unpaired) electrons. The Labute approximate surface area is 71.9 Å². The lowest BCUT2D eigenvalue weighted by Gasteiger charge is -2.20. The van der Waals surface area contributed by atoms with Crippen molar-refractivity contribution < 1.29 is 4.74 Å². The molecule has 1 heterocycles. The van der Waals surface area contributed by atoms with Gasteiger partial charge in [-0.15, -0.1) is 0 Å². The van der Waals surface area contributed by atoms with E-state index in [0.717, 1.165) is 37.1 Å². The molecule has 0 amide bonds. The molecule has 0 aromatic heterocycles. The summed E-state index contributed by atoms with van der Waals surface area (Å²) in [4.78, 5) is 0. The summed E-state index contributed by atoms with van der Waals surface area (Å²) in [5.41, 5.74) is 0. The molecule has 0 N–H and O–H groups in total. The van der Waals surface area contributed by atoms with Crippen LogP contribution in [0.1, 0.15) is 19.3 Å². The van der Waals surface area contributed by atoms with Crippen LogP contribution in [-0.2, 0) is 4.74 Å². The van der Waals surface area contributed by atoms with E-state index < -0.39 is 0 Å². The van der Waals surface area contributed by atoms with Crippen LogP contribution >= 0.6 is 11.8 Å². The Bertz CT molecular complexity index is 138. The highest BCUT2D eigenvalue weighted by atomic mass is 32.2. The summed E-state index contributed by atoms with van der Waals surface area (Å²) in [6.07, 6.45) is 3.01. The quantitative estimate of drug-likeness (QED) is 0.607. The average Bonchev–Trinajstić information content (AvgIpc) is 2.07. The van der Waals surface area contributed by atoms with Gasteiger partial charge in [0.25, 0.3) is 0 Å². The van der Waals surface area contributed by atoms with Crippen LogP contribution < -0.4 is 0 Å². The zero-order valence-corrected chi connectivity index (χ0v) is 7.40. The molecule has 3 heteroatoms. The third-order valence-electron chi connectivity index (χ3n) is 1.74. The van der Waals surface area contributed by atoms with Gasteiger partial charge in [0, 0.05) is 30.6 Å². The maximum absolute atomic E-state index is 8.31. The van der Waals surface area contributed by atoms with Crippen molar-refractivity contribution in [1.82, 2.24) is 0 Å². The molecule has 0 spiro atoms. The average molecular weight is 171 g/mol. The number of nitrogens with zero attached hydrogens (tertiary/aromatic N) is 1. The standard InChI is InChI=1S/C8H13NOS/c9-4-1-7-11-8-2-5-10-6-3-8/h8H,1-3,5-7H2. The van der Waals surface area contributed by atoms with Gasteiger partial charge in [0.2, 0.25) is 0 Å². The van der Waals surface area contributed by atoms with Gasteiger partial charge in [0.05, 0.1) is 6.07 Å². The SMILES string of the molecule is N#CCCSC1CCOCC1. The highest BCUT2D eigenvalue weighted by molar-refractivity contribution is 7.99. The van der Waals surface area contributed by atoms with Crippen LogP contribution in [0, 0.1) is 11.3 Å². The number of thioether (sulfide) groups is 1. The molecular formula is C8H13NOS. The second-order valence-corrected chi connectivity index (χ2v) is 4.00. The fourth-order valence-electron chi connectivity index (χ4n) is 1.11. The maximum atomic E-state index is 8.31. The number of nitriles is 1. The smallest absolute Gasteiger partial charge is 0.0630 e. The van der Waals surface area contributed by atoms with Gasteiger partial charge in [0.1, 0.15) is 0 Å². The fraction of sp³-hybridized carbons (Fsp3) is 0.875. The van der Waals surface area contributed by atoms with Crippen LogP contribution in [0.5, 0.6) is 0 Å². The van der Waals surface area contributed by atoms with Crippen molar-refractivity contribution in [2.45, 2.75) is 24.5 Å². The third-order valence-corrected chi connectivity index (χ3v) is 3.12. The molecule has 1 rings (SSSR count). The van der Waals surface area contributed by atoms with E-state index in [-0.39, 0.29) is 0 Å².